The van der Waals surface area contributed by atoms with Gasteiger partial charge < -0.3 is 4.90 Å². The van der Waals surface area contributed by atoms with Crippen molar-refractivity contribution in [2.75, 3.05) is 22.7 Å². The second-order valence-electron chi connectivity index (χ2n) is 9.97. The quantitative estimate of drug-likeness (QED) is 0.157. The highest BCUT2D eigenvalue weighted by Crippen LogP contribution is 2.37. The lowest BCUT2D eigenvalue weighted by atomic mass is 10.2. The first-order valence-corrected chi connectivity index (χ1v) is 17.0. The van der Waals surface area contributed by atoms with Crippen molar-refractivity contribution in [3.63, 3.8) is 0 Å². The monoisotopic (exact) mass is 675 g/mol. The lowest BCUT2D eigenvalue weighted by Crippen LogP contribution is -2.30. The molecule has 45 heavy (non-hydrogen) atoms. The van der Waals surface area contributed by atoms with Crippen LogP contribution < -0.4 is 9.62 Å². The lowest BCUT2D eigenvalue weighted by molar-refractivity contribution is -0.0429. The number of sulfonamides is 1. The Hall–Kier alpha value is -3.69. The number of halogens is 3. The van der Waals surface area contributed by atoms with Gasteiger partial charge in [-0.15, -0.1) is 10.2 Å². The van der Waals surface area contributed by atoms with E-state index in [1.54, 1.807) is 10.8 Å². The number of aromatic nitrogens is 3. The van der Waals surface area contributed by atoms with Gasteiger partial charge in [0.15, 0.2) is 10.3 Å². The number of anilines is 2. The molecule has 0 aliphatic heterocycles. The highest BCUT2D eigenvalue weighted by molar-refractivity contribution is 8.00. The molecule has 1 aromatic heterocycles. The van der Waals surface area contributed by atoms with Crippen molar-refractivity contribution in [1.29, 1.82) is 0 Å². The average molecular weight is 676 g/mol. The van der Waals surface area contributed by atoms with Gasteiger partial charge in [0.1, 0.15) is 5.69 Å². The fraction of sp³-hybridized carbons (Fsp3) is 0.300. The maximum atomic E-state index is 13.3. The lowest BCUT2D eigenvalue weighted by Gasteiger charge is -2.22. The average Bonchev–Trinajstić information content (AvgIpc) is 2.96. The van der Waals surface area contributed by atoms with Gasteiger partial charge in [0.05, 0.1) is 5.69 Å². The van der Waals surface area contributed by atoms with Crippen molar-refractivity contribution in [2.24, 2.45) is 10.2 Å². The molecular weight excluding hydrogens is 644 g/mol. The maximum absolute atomic E-state index is 13.3. The zero-order valence-electron chi connectivity index (χ0n) is 25.5. The van der Waals surface area contributed by atoms with Gasteiger partial charge in [0.25, 0.3) is 5.95 Å². The van der Waals surface area contributed by atoms with E-state index in [-0.39, 0.29) is 17.3 Å². The van der Waals surface area contributed by atoms with Crippen molar-refractivity contribution in [2.45, 2.75) is 67.2 Å². The van der Waals surface area contributed by atoms with E-state index in [2.05, 4.69) is 25.2 Å². The summed E-state index contributed by atoms with van der Waals surface area (Å²) in [6.07, 6.45) is 0. The Balaban J connectivity index is 1.80. The number of alkyl halides is 3. The van der Waals surface area contributed by atoms with Crippen molar-refractivity contribution in [3.8, 4) is 0 Å². The predicted molar refractivity (Wildman–Crippen MR) is 173 cm³/mol. The minimum absolute atomic E-state index is 0.0927. The van der Waals surface area contributed by atoms with E-state index in [4.69, 9.17) is 0 Å². The number of rotatable bonds is 11. The largest absolute Gasteiger partial charge is 0.516 e. The van der Waals surface area contributed by atoms with E-state index in [1.165, 1.54) is 35.7 Å². The van der Waals surface area contributed by atoms with Gasteiger partial charge in [0.2, 0.25) is 0 Å². The highest BCUT2D eigenvalue weighted by Gasteiger charge is 2.46. The number of hydrogen-bond donors (Lipinski definition) is 1. The first kappa shape index (κ1) is 34.2. The van der Waals surface area contributed by atoms with Crippen LogP contribution in [0.2, 0.25) is 0 Å². The zero-order chi connectivity index (χ0) is 32.9. The molecule has 4 rings (SSSR count). The third kappa shape index (κ3) is 8.32. The smallest absolute Gasteiger partial charge is 0.372 e. The summed E-state index contributed by atoms with van der Waals surface area (Å²) < 4.78 is 65.7. The molecule has 0 aliphatic carbocycles. The molecule has 0 unspecified atom stereocenters. The van der Waals surface area contributed by atoms with Crippen molar-refractivity contribution in [3.05, 3.63) is 76.9 Å². The SMILES string of the molecule is CCN(CC)c1ccc(N=Nc2nc(Sc3c(C)cccc3C)nc(Sc3c(C)cccc3C)n2)c(NS(=O)(=O)C(F)(F)F)c1. The van der Waals surface area contributed by atoms with E-state index in [1.807, 2.05) is 82.8 Å². The van der Waals surface area contributed by atoms with Crippen LogP contribution in [0.15, 0.2) is 84.9 Å². The fourth-order valence-corrected chi connectivity index (χ4v) is 6.77. The Morgan fingerprint density at radius 3 is 1.71 bits per heavy atom. The van der Waals surface area contributed by atoms with E-state index >= 15 is 0 Å². The van der Waals surface area contributed by atoms with Crippen LogP contribution in [0.5, 0.6) is 0 Å². The molecular formula is C30H32F3N7O2S3. The Morgan fingerprint density at radius 2 is 1.27 bits per heavy atom. The summed E-state index contributed by atoms with van der Waals surface area (Å²) >= 11 is 2.67. The van der Waals surface area contributed by atoms with Crippen molar-refractivity contribution in [1.82, 2.24) is 15.0 Å². The summed E-state index contributed by atoms with van der Waals surface area (Å²) in [5.41, 5.74) is -1.43. The standard InChI is InChI=1S/C30H32F3N7O2S3/c1-7-40(8-2)22-15-16-23(24(17-22)39-45(41,42)30(31,32)33)37-38-27-34-28(43-25-18(3)11-9-12-19(25)4)36-29(35-27)44-26-20(5)13-10-14-21(26)6/h9-17,39H,7-8H2,1-6H3. The molecule has 15 heteroatoms. The normalized spacial score (nSPS) is 12.1. The molecule has 238 valence electrons. The van der Waals surface area contributed by atoms with Crippen LogP contribution in [-0.4, -0.2) is 42.0 Å². The molecule has 3 aromatic carbocycles. The van der Waals surface area contributed by atoms with Gasteiger partial charge in [-0.2, -0.15) is 36.5 Å². The molecule has 4 aromatic rings. The number of hydrogen-bond acceptors (Lipinski definition) is 10. The van der Waals surface area contributed by atoms with E-state index in [9.17, 15) is 21.6 Å². The summed E-state index contributed by atoms with van der Waals surface area (Å²) in [7, 11) is -5.73. The van der Waals surface area contributed by atoms with Gasteiger partial charge >= 0.3 is 15.5 Å². The molecule has 0 saturated carbocycles. The van der Waals surface area contributed by atoms with Crippen LogP contribution in [-0.2, 0) is 10.0 Å². The van der Waals surface area contributed by atoms with Gasteiger partial charge in [0, 0.05) is 28.6 Å². The van der Waals surface area contributed by atoms with Crippen LogP contribution in [0.1, 0.15) is 36.1 Å². The van der Waals surface area contributed by atoms with Gasteiger partial charge in [-0.3, -0.25) is 4.72 Å². The molecule has 9 nitrogen and oxygen atoms in total. The number of benzene rings is 3. The van der Waals surface area contributed by atoms with Crippen LogP contribution in [0.3, 0.4) is 0 Å². The first-order chi connectivity index (χ1) is 21.2. The second-order valence-corrected chi connectivity index (χ2v) is 13.6. The summed E-state index contributed by atoms with van der Waals surface area (Å²) in [4.78, 5) is 17.4. The molecule has 0 saturated heterocycles. The zero-order valence-corrected chi connectivity index (χ0v) is 27.9. The third-order valence-corrected chi connectivity index (χ3v) is 10.2. The second kappa shape index (κ2) is 14.2. The predicted octanol–water partition coefficient (Wildman–Crippen LogP) is 8.93. The number of nitrogens with one attached hydrogen (secondary N) is 1. The van der Waals surface area contributed by atoms with Crippen LogP contribution in [0.4, 0.5) is 36.2 Å². The minimum atomic E-state index is -5.73. The van der Waals surface area contributed by atoms with Crippen molar-refractivity contribution >= 4 is 56.6 Å². The Bertz CT molecular complexity index is 1720. The molecule has 0 bridgehead atoms. The van der Waals surface area contributed by atoms with E-state index in [0.29, 0.717) is 29.1 Å². The number of azo groups is 1. The first-order valence-electron chi connectivity index (χ1n) is 13.9. The Kier molecular flexibility index (Phi) is 10.8. The molecule has 0 fully saturated rings. The summed E-state index contributed by atoms with van der Waals surface area (Å²) in [5, 5.41) is 8.94. The summed E-state index contributed by atoms with van der Waals surface area (Å²) in [6.45, 7) is 12.8. The highest BCUT2D eigenvalue weighted by atomic mass is 32.2. The number of nitrogens with zero attached hydrogens (tertiary/aromatic N) is 6. The summed E-state index contributed by atoms with van der Waals surface area (Å²) in [5.74, 6) is -0.0927. The van der Waals surface area contributed by atoms with Crippen LogP contribution in [0, 0.1) is 27.7 Å². The third-order valence-electron chi connectivity index (χ3n) is 6.69. The molecule has 0 spiro atoms. The van der Waals surface area contributed by atoms with Crippen LogP contribution >= 0.6 is 23.5 Å². The van der Waals surface area contributed by atoms with Gasteiger partial charge in [-0.05, 0) is 106 Å². The topological polar surface area (TPSA) is 113 Å². The number of aryl methyl sites for hydroxylation is 4. The maximum Gasteiger partial charge on any atom is 0.516 e. The van der Waals surface area contributed by atoms with Crippen LogP contribution in [0.25, 0.3) is 0 Å². The molecule has 0 radical (unpaired) electrons. The van der Waals surface area contributed by atoms with E-state index < -0.39 is 15.5 Å². The van der Waals surface area contributed by atoms with Crippen molar-refractivity contribution < 1.29 is 21.6 Å². The Morgan fingerprint density at radius 1 is 0.778 bits per heavy atom. The molecule has 0 aliphatic rings. The van der Waals surface area contributed by atoms with E-state index in [0.717, 1.165) is 32.0 Å². The summed E-state index contributed by atoms with van der Waals surface area (Å²) in [6, 6.07) is 16.2. The fourth-order valence-electron chi connectivity index (χ4n) is 4.35. The molecule has 0 amide bonds. The molecule has 0 atom stereocenters. The minimum Gasteiger partial charge on any atom is -0.372 e. The molecule has 1 N–H and O–H groups in total. The van der Waals surface area contributed by atoms with Gasteiger partial charge in [-0.25, -0.2) is 0 Å². The molecule has 1 heterocycles. The Labute approximate surface area is 269 Å². The van der Waals surface area contributed by atoms with Gasteiger partial charge in [-0.1, -0.05) is 36.4 Å².